The van der Waals surface area contributed by atoms with Gasteiger partial charge in [0.25, 0.3) is 0 Å². The quantitative estimate of drug-likeness (QED) is 0.822. The standard InChI is InChI=1S/C17H28N2/c1-17(2,3)14-10-11-18-15(13-14)8-9-16-7-5-6-12-19(16)4/h10-11,13,16H,5-9,12H2,1-4H3. The van der Waals surface area contributed by atoms with Gasteiger partial charge < -0.3 is 4.90 Å². The monoisotopic (exact) mass is 260 g/mol. The summed E-state index contributed by atoms with van der Waals surface area (Å²) in [7, 11) is 2.27. The van der Waals surface area contributed by atoms with Crippen LogP contribution in [0.25, 0.3) is 0 Å². The third-order valence-corrected chi connectivity index (χ3v) is 4.34. The van der Waals surface area contributed by atoms with E-state index in [-0.39, 0.29) is 5.41 Å². The third kappa shape index (κ3) is 4.04. The number of nitrogens with zero attached hydrogens (tertiary/aromatic N) is 2. The van der Waals surface area contributed by atoms with Gasteiger partial charge in [-0.25, -0.2) is 0 Å². The molecular weight excluding hydrogens is 232 g/mol. The second kappa shape index (κ2) is 6.04. The van der Waals surface area contributed by atoms with Crippen LogP contribution in [0, 0.1) is 0 Å². The van der Waals surface area contributed by atoms with E-state index >= 15 is 0 Å². The first-order chi connectivity index (χ1) is 8.97. The van der Waals surface area contributed by atoms with Crippen molar-refractivity contribution >= 4 is 0 Å². The topological polar surface area (TPSA) is 16.1 Å². The molecule has 19 heavy (non-hydrogen) atoms. The number of hydrogen-bond donors (Lipinski definition) is 0. The molecule has 0 aliphatic carbocycles. The van der Waals surface area contributed by atoms with Gasteiger partial charge in [0.05, 0.1) is 0 Å². The van der Waals surface area contributed by atoms with Crippen LogP contribution in [0.1, 0.15) is 57.7 Å². The lowest BCUT2D eigenvalue weighted by atomic mass is 9.87. The maximum absolute atomic E-state index is 4.54. The van der Waals surface area contributed by atoms with Gasteiger partial charge in [0, 0.05) is 17.9 Å². The van der Waals surface area contributed by atoms with Crippen molar-refractivity contribution in [3.05, 3.63) is 29.6 Å². The van der Waals surface area contributed by atoms with Gasteiger partial charge in [-0.3, -0.25) is 4.98 Å². The van der Waals surface area contributed by atoms with E-state index in [0.717, 1.165) is 12.5 Å². The second-order valence-corrected chi connectivity index (χ2v) is 6.95. The zero-order valence-corrected chi connectivity index (χ0v) is 12.9. The Balaban J connectivity index is 1.96. The van der Waals surface area contributed by atoms with Gasteiger partial charge in [0.15, 0.2) is 0 Å². The van der Waals surface area contributed by atoms with Gasteiger partial charge in [-0.1, -0.05) is 27.2 Å². The van der Waals surface area contributed by atoms with E-state index in [4.69, 9.17) is 0 Å². The third-order valence-electron chi connectivity index (χ3n) is 4.34. The molecule has 0 saturated carbocycles. The van der Waals surface area contributed by atoms with Crippen molar-refractivity contribution in [3.8, 4) is 0 Å². The number of rotatable bonds is 3. The van der Waals surface area contributed by atoms with Crippen molar-refractivity contribution in [2.45, 2.75) is 64.3 Å². The fourth-order valence-electron chi connectivity index (χ4n) is 2.90. The second-order valence-electron chi connectivity index (χ2n) is 6.95. The van der Waals surface area contributed by atoms with E-state index in [9.17, 15) is 0 Å². The van der Waals surface area contributed by atoms with E-state index < -0.39 is 0 Å². The maximum atomic E-state index is 4.54. The van der Waals surface area contributed by atoms with Crippen LogP contribution in [0.15, 0.2) is 18.3 Å². The minimum absolute atomic E-state index is 0.222. The summed E-state index contributed by atoms with van der Waals surface area (Å²) in [6.45, 7) is 8.06. The average molecular weight is 260 g/mol. The fourth-order valence-corrected chi connectivity index (χ4v) is 2.90. The molecule has 2 nitrogen and oxygen atoms in total. The molecule has 0 radical (unpaired) electrons. The molecule has 2 rings (SSSR count). The summed E-state index contributed by atoms with van der Waals surface area (Å²) in [5.41, 5.74) is 2.88. The molecule has 0 bridgehead atoms. The fraction of sp³-hybridized carbons (Fsp3) is 0.706. The smallest absolute Gasteiger partial charge is 0.0407 e. The molecule has 1 unspecified atom stereocenters. The Hall–Kier alpha value is -0.890. The highest BCUT2D eigenvalue weighted by molar-refractivity contribution is 5.23. The summed E-state index contributed by atoms with van der Waals surface area (Å²) in [6.07, 6.45) is 8.45. The summed E-state index contributed by atoms with van der Waals surface area (Å²) in [6, 6.07) is 5.20. The summed E-state index contributed by atoms with van der Waals surface area (Å²) in [5, 5.41) is 0. The average Bonchev–Trinajstić information content (AvgIpc) is 2.37. The SMILES string of the molecule is CN1CCCCC1CCc1cc(C(C)(C)C)ccn1. The number of likely N-dealkylation sites (tertiary alicyclic amines) is 1. The van der Waals surface area contributed by atoms with E-state index in [1.165, 1.54) is 43.5 Å². The van der Waals surface area contributed by atoms with Crippen LogP contribution in [0.5, 0.6) is 0 Å². The van der Waals surface area contributed by atoms with Gasteiger partial charge in [0.1, 0.15) is 0 Å². The van der Waals surface area contributed by atoms with E-state index in [1.54, 1.807) is 0 Å². The normalized spacial score (nSPS) is 21.6. The van der Waals surface area contributed by atoms with Crippen LogP contribution in [0.4, 0.5) is 0 Å². The summed E-state index contributed by atoms with van der Waals surface area (Å²) >= 11 is 0. The van der Waals surface area contributed by atoms with Crippen molar-refractivity contribution in [3.63, 3.8) is 0 Å². The number of piperidine rings is 1. The van der Waals surface area contributed by atoms with Gasteiger partial charge in [-0.05, 0) is 62.4 Å². The number of aromatic nitrogens is 1. The van der Waals surface area contributed by atoms with Crippen molar-refractivity contribution in [1.82, 2.24) is 9.88 Å². The molecule has 106 valence electrons. The predicted molar refractivity (Wildman–Crippen MR) is 81.5 cm³/mol. The Labute approximate surface area is 118 Å². The van der Waals surface area contributed by atoms with Crippen LogP contribution in [0.2, 0.25) is 0 Å². The lowest BCUT2D eigenvalue weighted by molar-refractivity contribution is 0.176. The Bertz CT molecular complexity index is 406. The largest absolute Gasteiger partial charge is 0.303 e. The van der Waals surface area contributed by atoms with Crippen LogP contribution in [0.3, 0.4) is 0 Å². The molecule has 1 aromatic rings. The Morgan fingerprint density at radius 2 is 2.11 bits per heavy atom. The zero-order valence-electron chi connectivity index (χ0n) is 12.9. The van der Waals surface area contributed by atoms with Gasteiger partial charge in [-0.2, -0.15) is 0 Å². The lowest BCUT2D eigenvalue weighted by Crippen LogP contribution is -2.36. The van der Waals surface area contributed by atoms with Crippen molar-refractivity contribution in [1.29, 1.82) is 0 Å². The van der Waals surface area contributed by atoms with Crippen LogP contribution in [-0.4, -0.2) is 29.5 Å². The molecule has 0 aromatic carbocycles. The maximum Gasteiger partial charge on any atom is 0.0407 e. The predicted octanol–water partition coefficient (Wildman–Crippen LogP) is 3.80. The molecule has 1 aliphatic heterocycles. The highest BCUT2D eigenvalue weighted by Crippen LogP contribution is 2.23. The van der Waals surface area contributed by atoms with Crippen LogP contribution < -0.4 is 0 Å². The molecule has 0 N–H and O–H groups in total. The molecule has 1 aromatic heterocycles. The first kappa shape index (κ1) is 14.5. The van der Waals surface area contributed by atoms with Gasteiger partial charge in [-0.15, -0.1) is 0 Å². The molecule has 1 saturated heterocycles. The molecule has 1 aliphatic rings. The minimum Gasteiger partial charge on any atom is -0.303 e. The molecule has 1 fully saturated rings. The van der Waals surface area contributed by atoms with Crippen molar-refractivity contribution in [2.75, 3.05) is 13.6 Å². The Morgan fingerprint density at radius 1 is 1.32 bits per heavy atom. The highest BCUT2D eigenvalue weighted by atomic mass is 15.1. The molecule has 0 spiro atoms. The first-order valence-corrected chi connectivity index (χ1v) is 7.62. The zero-order chi connectivity index (χ0) is 13.9. The van der Waals surface area contributed by atoms with E-state index in [2.05, 4.69) is 49.8 Å². The number of hydrogen-bond acceptors (Lipinski definition) is 2. The summed E-state index contributed by atoms with van der Waals surface area (Å²) in [5.74, 6) is 0. The Kier molecular flexibility index (Phi) is 4.62. The molecule has 1 atom stereocenters. The first-order valence-electron chi connectivity index (χ1n) is 7.62. The lowest BCUT2D eigenvalue weighted by Gasteiger charge is -2.32. The number of pyridine rings is 1. The van der Waals surface area contributed by atoms with Gasteiger partial charge >= 0.3 is 0 Å². The van der Waals surface area contributed by atoms with Crippen LogP contribution in [-0.2, 0) is 11.8 Å². The van der Waals surface area contributed by atoms with Crippen LogP contribution >= 0.6 is 0 Å². The molecule has 2 heterocycles. The highest BCUT2D eigenvalue weighted by Gasteiger charge is 2.19. The van der Waals surface area contributed by atoms with Gasteiger partial charge in [0.2, 0.25) is 0 Å². The van der Waals surface area contributed by atoms with Crippen molar-refractivity contribution in [2.24, 2.45) is 0 Å². The van der Waals surface area contributed by atoms with E-state index in [1.807, 2.05) is 6.20 Å². The molecular formula is C17H28N2. The number of aryl methyl sites for hydroxylation is 1. The molecule has 0 amide bonds. The minimum atomic E-state index is 0.222. The van der Waals surface area contributed by atoms with E-state index in [0.29, 0.717) is 0 Å². The molecule has 2 heteroatoms. The summed E-state index contributed by atoms with van der Waals surface area (Å²) < 4.78 is 0. The Morgan fingerprint density at radius 3 is 2.79 bits per heavy atom. The summed E-state index contributed by atoms with van der Waals surface area (Å²) in [4.78, 5) is 7.07. The van der Waals surface area contributed by atoms with Crippen molar-refractivity contribution < 1.29 is 0 Å².